The van der Waals surface area contributed by atoms with Crippen molar-refractivity contribution in [3.8, 4) is 11.8 Å². The lowest BCUT2D eigenvalue weighted by atomic mass is 9.92. The van der Waals surface area contributed by atoms with E-state index in [1.54, 1.807) is 6.21 Å². The molecule has 0 N–H and O–H groups in total. The maximum absolute atomic E-state index is 9.50. The minimum Gasteiger partial charge on any atom is -0.482 e. The first-order valence-electron chi connectivity index (χ1n) is 8.58. The second kappa shape index (κ2) is 7.47. The smallest absolute Gasteiger partial charge is 0.142 e. The summed E-state index contributed by atoms with van der Waals surface area (Å²) < 4.78 is 7.02. The van der Waals surface area contributed by atoms with Crippen LogP contribution in [0, 0.1) is 17.2 Å². The van der Waals surface area contributed by atoms with Gasteiger partial charge < -0.3 is 4.74 Å². The van der Waals surface area contributed by atoms with Crippen molar-refractivity contribution < 1.29 is 4.74 Å². The first kappa shape index (κ1) is 18.4. The lowest BCUT2D eigenvalue weighted by Gasteiger charge is -2.31. The van der Waals surface area contributed by atoms with Gasteiger partial charge in [0.25, 0.3) is 0 Å². The molecule has 26 heavy (non-hydrogen) atoms. The highest BCUT2D eigenvalue weighted by Crippen LogP contribution is 2.41. The van der Waals surface area contributed by atoms with Crippen LogP contribution >= 0.6 is 15.9 Å². The third-order valence-corrected chi connectivity index (χ3v) is 4.83. The van der Waals surface area contributed by atoms with Crippen molar-refractivity contribution in [1.29, 1.82) is 5.26 Å². The van der Waals surface area contributed by atoms with E-state index in [1.165, 1.54) is 5.57 Å². The molecule has 3 nitrogen and oxygen atoms in total. The van der Waals surface area contributed by atoms with Gasteiger partial charge in [0.15, 0.2) is 0 Å². The molecular weight excluding hydrogens is 388 g/mol. The second-order valence-corrected chi connectivity index (χ2v) is 7.89. The van der Waals surface area contributed by atoms with Gasteiger partial charge in [-0.15, -0.1) is 0 Å². The van der Waals surface area contributed by atoms with E-state index in [0.29, 0.717) is 6.42 Å². The van der Waals surface area contributed by atoms with Crippen LogP contribution in [-0.2, 0) is 6.42 Å². The van der Waals surface area contributed by atoms with Gasteiger partial charge in [-0.3, -0.25) is 4.99 Å². The molecule has 1 aliphatic rings. The Morgan fingerprint density at radius 3 is 2.69 bits per heavy atom. The molecule has 1 aliphatic heterocycles. The molecule has 0 amide bonds. The maximum atomic E-state index is 9.50. The number of nitriles is 1. The Morgan fingerprint density at radius 1 is 1.27 bits per heavy atom. The molecule has 0 saturated heterocycles. The first-order chi connectivity index (χ1) is 12.4. The molecule has 2 aromatic rings. The number of ether oxygens (including phenoxy) is 1. The molecule has 132 valence electrons. The maximum Gasteiger partial charge on any atom is 0.142 e. The Bertz CT molecular complexity index is 908. The normalized spacial score (nSPS) is 16.3. The fourth-order valence-corrected chi connectivity index (χ4v) is 3.72. The number of benzene rings is 2. The van der Waals surface area contributed by atoms with Gasteiger partial charge in [-0.1, -0.05) is 18.2 Å². The SMILES string of the molecule is CC1=CC(C)(C)Oc2c(Br)cc(CC(C#N)C=Nc3ccccc3)cc21. The lowest BCUT2D eigenvalue weighted by Crippen LogP contribution is -2.29. The Labute approximate surface area is 163 Å². The average molecular weight is 409 g/mol. The number of rotatable bonds is 4. The molecule has 0 spiro atoms. The van der Waals surface area contributed by atoms with Crippen LogP contribution in [0.25, 0.3) is 5.57 Å². The highest BCUT2D eigenvalue weighted by Gasteiger charge is 2.27. The van der Waals surface area contributed by atoms with Crippen LogP contribution in [0.15, 0.2) is 58.0 Å². The van der Waals surface area contributed by atoms with Crippen LogP contribution in [0.4, 0.5) is 5.69 Å². The van der Waals surface area contributed by atoms with E-state index in [9.17, 15) is 5.26 Å². The molecule has 0 radical (unpaired) electrons. The number of para-hydroxylation sites is 1. The molecule has 0 aromatic heterocycles. The highest BCUT2D eigenvalue weighted by atomic mass is 79.9. The van der Waals surface area contributed by atoms with Gasteiger partial charge in [-0.25, -0.2) is 0 Å². The molecule has 0 aliphatic carbocycles. The molecule has 1 unspecified atom stereocenters. The number of hydrogen-bond acceptors (Lipinski definition) is 3. The van der Waals surface area contributed by atoms with E-state index in [-0.39, 0.29) is 11.5 Å². The summed E-state index contributed by atoms with van der Waals surface area (Å²) in [6.45, 7) is 6.19. The Kier molecular flexibility index (Phi) is 5.29. The van der Waals surface area contributed by atoms with Gasteiger partial charge in [-0.2, -0.15) is 5.26 Å². The topological polar surface area (TPSA) is 45.4 Å². The third kappa shape index (κ3) is 4.23. The van der Waals surface area contributed by atoms with E-state index < -0.39 is 0 Å². The minimum absolute atomic E-state index is 0.287. The summed E-state index contributed by atoms with van der Waals surface area (Å²) in [7, 11) is 0. The van der Waals surface area contributed by atoms with Crippen LogP contribution < -0.4 is 4.74 Å². The van der Waals surface area contributed by atoms with E-state index in [0.717, 1.165) is 27.0 Å². The van der Waals surface area contributed by atoms with Crippen LogP contribution in [0.1, 0.15) is 31.9 Å². The predicted molar refractivity (Wildman–Crippen MR) is 110 cm³/mol. The van der Waals surface area contributed by atoms with E-state index in [1.807, 2.05) is 50.2 Å². The number of allylic oxidation sites excluding steroid dienone is 1. The van der Waals surface area contributed by atoms with Crippen LogP contribution in [0.3, 0.4) is 0 Å². The molecule has 0 fully saturated rings. The summed E-state index contributed by atoms with van der Waals surface area (Å²) in [5.41, 5.74) is 3.88. The number of halogens is 1. The van der Waals surface area contributed by atoms with Crippen molar-refractivity contribution in [1.82, 2.24) is 0 Å². The number of hydrogen-bond donors (Lipinski definition) is 0. The van der Waals surface area contributed by atoms with Crippen LogP contribution in [-0.4, -0.2) is 11.8 Å². The minimum atomic E-state index is -0.321. The quantitative estimate of drug-likeness (QED) is 0.572. The first-order valence-corrected chi connectivity index (χ1v) is 9.37. The third-order valence-electron chi connectivity index (χ3n) is 4.24. The van der Waals surface area contributed by atoms with Crippen LogP contribution in [0.2, 0.25) is 0 Å². The van der Waals surface area contributed by atoms with Crippen molar-refractivity contribution in [3.05, 3.63) is 64.1 Å². The Morgan fingerprint density at radius 2 is 2.00 bits per heavy atom. The van der Waals surface area contributed by atoms with Crippen LogP contribution in [0.5, 0.6) is 5.75 Å². The molecule has 2 aromatic carbocycles. The number of aliphatic imine (C=N–C) groups is 1. The summed E-state index contributed by atoms with van der Waals surface area (Å²) in [4.78, 5) is 4.42. The fraction of sp³-hybridized carbons (Fsp3) is 0.273. The van der Waals surface area contributed by atoms with Crippen molar-refractivity contribution in [2.75, 3.05) is 0 Å². The van der Waals surface area contributed by atoms with Crippen molar-refractivity contribution in [3.63, 3.8) is 0 Å². The summed E-state index contributed by atoms with van der Waals surface area (Å²) >= 11 is 3.63. The predicted octanol–water partition coefficient (Wildman–Crippen LogP) is 6.11. The molecule has 3 rings (SSSR count). The van der Waals surface area contributed by atoms with E-state index >= 15 is 0 Å². The largest absolute Gasteiger partial charge is 0.482 e. The van der Waals surface area contributed by atoms with Crippen molar-refractivity contribution in [2.45, 2.75) is 32.8 Å². The monoisotopic (exact) mass is 408 g/mol. The molecular formula is C22H21BrN2O. The molecule has 1 heterocycles. The zero-order valence-corrected chi connectivity index (χ0v) is 16.7. The van der Waals surface area contributed by atoms with Crippen molar-refractivity contribution >= 4 is 33.4 Å². The fourth-order valence-electron chi connectivity index (χ4n) is 3.13. The van der Waals surface area contributed by atoms with Crippen molar-refractivity contribution in [2.24, 2.45) is 10.9 Å². The lowest BCUT2D eigenvalue weighted by molar-refractivity contribution is 0.156. The Hall–Kier alpha value is -2.38. The summed E-state index contributed by atoms with van der Waals surface area (Å²) in [6.07, 6.45) is 4.46. The second-order valence-electron chi connectivity index (χ2n) is 7.04. The van der Waals surface area contributed by atoms with Gasteiger partial charge in [-0.05, 0) is 84.6 Å². The van der Waals surface area contributed by atoms with Gasteiger partial charge in [0.2, 0.25) is 0 Å². The zero-order valence-electron chi connectivity index (χ0n) is 15.2. The Balaban J connectivity index is 1.84. The average Bonchev–Trinajstić information content (AvgIpc) is 2.60. The highest BCUT2D eigenvalue weighted by molar-refractivity contribution is 9.10. The molecule has 0 saturated carbocycles. The van der Waals surface area contributed by atoms with Gasteiger partial charge in [0.1, 0.15) is 11.4 Å². The molecule has 0 bridgehead atoms. The summed E-state index contributed by atoms with van der Waals surface area (Å²) in [5.74, 6) is 0.579. The molecule has 4 heteroatoms. The van der Waals surface area contributed by atoms with Gasteiger partial charge >= 0.3 is 0 Å². The summed E-state index contributed by atoms with van der Waals surface area (Å²) in [5, 5.41) is 9.50. The number of fused-ring (bicyclic) bond motifs is 1. The van der Waals surface area contributed by atoms with E-state index in [4.69, 9.17) is 4.74 Å². The molecule has 1 atom stereocenters. The zero-order chi connectivity index (χ0) is 18.7. The standard InChI is InChI=1S/C22H21BrN2O/c1-15-12-22(2,3)26-21-19(15)10-16(11-20(21)23)9-17(13-24)14-25-18-7-5-4-6-8-18/h4-8,10-12,14,17H,9H2,1-3H3. The van der Waals surface area contributed by atoms with Gasteiger partial charge in [0.05, 0.1) is 22.1 Å². The van der Waals surface area contributed by atoms with Gasteiger partial charge in [0, 0.05) is 11.8 Å². The summed E-state index contributed by atoms with van der Waals surface area (Å²) in [6, 6.07) is 16.2. The number of nitrogens with zero attached hydrogens (tertiary/aromatic N) is 2. The van der Waals surface area contributed by atoms with E-state index in [2.05, 4.69) is 46.1 Å².